The number of aliphatic carboxylic acids is 1. The van der Waals surface area contributed by atoms with Gasteiger partial charge in [-0.05, 0) is 6.42 Å². The summed E-state index contributed by atoms with van der Waals surface area (Å²) in [5.74, 6) is -1.35. The van der Waals surface area contributed by atoms with Crippen molar-refractivity contribution in [3.63, 3.8) is 0 Å². The van der Waals surface area contributed by atoms with E-state index in [0.29, 0.717) is 6.21 Å². The van der Waals surface area contributed by atoms with Crippen molar-refractivity contribution in [3.8, 4) is 0 Å². The van der Waals surface area contributed by atoms with Gasteiger partial charge in [0.05, 0.1) is 25.5 Å². The standard InChI is InChI=1S/C21H37NO17/c1-2-9-14(29)16(31)18(33)21(38-9)36-5-10-15(30)17(32)19(34)20(39-10)35-4-8(24)13(28)12(27)7(23)3-22-37-6-11(25)26/h3,7-10,12-21,23-24,27-34H,2,4-6H2,1H3,(H,25,26)/b22-3+/t7?,8?,9?,10?,12-,13+,14+,15+,16+,17+,18?,19?,20-,21-/m0/s1. The number of carbonyl (C=O) groups is 1. The molecule has 0 bridgehead atoms. The SMILES string of the molecule is CCC1O[C@H](OCC2O[C@H](OCC(O)[C@@H](O)[C@@H](O)C(O)/C=N/OCC(=O)O)C(O)[C@H](O)[C@@H]2O)C(O)[C@H](O)[C@@H]1O. The summed E-state index contributed by atoms with van der Waals surface area (Å²) in [6.45, 7) is -0.528. The Bertz CT molecular complexity index is 773. The van der Waals surface area contributed by atoms with Crippen molar-refractivity contribution in [3.05, 3.63) is 0 Å². The molecule has 11 N–H and O–H groups in total. The molecule has 0 radical (unpaired) electrons. The molecule has 0 aromatic heterocycles. The molecule has 18 nitrogen and oxygen atoms in total. The molecule has 0 amide bonds. The Kier molecular flexibility index (Phi) is 13.3. The highest BCUT2D eigenvalue weighted by Gasteiger charge is 2.47. The average molecular weight is 576 g/mol. The van der Waals surface area contributed by atoms with Gasteiger partial charge in [0.15, 0.2) is 12.6 Å². The minimum absolute atomic E-state index is 0.277. The van der Waals surface area contributed by atoms with E-state index in [4.69, 9.17) is 24.1 Å². The second-order valence-corrected chi connectivity index (χ2v) is 9.07. The van der Waals surface area contributed by atoms with E-state index in [2.05, 4.69) is 9.99 Å². The molecule has 2 rings (SSSR count). The molecular weight excluding hydrogens is 538 g/mol. The Labute approximate surface area is 221 Å². The molecule has 0 aromatic rings. The van der Waals surface area contributed by atoms with Crippen molar-refractivity contribution in [2.45, 2.75) is 99.2 Å². The summed E-state index contributed by atoms with van der Waals surface area (Å²) < 4.78 is 21.4. The van der Waals surface area contributed by atoms with Crippen LogP contribution in [0.3, 0.4) is 0 Å². The van der Waals surface area contributed by atoms with Crippen molar-refractivity contribution in [1.29, 1.82) is 0 Å². The fraction of sp³-hybridized carbons (Fsp3) is 0.905. The summed E-state index contributed by atoms with van der Waals surface area (Å²) in [5, 5.41) is 112. The van der Waals surface area contributed by atoms with E-state index in [-0.39, 0.29) is 6.42 Å². The third kappa shape index (κ3) is 8.93. The quantitative estimate of drug-likeness (QED) is 0.0677. The number of hydrogen-bond donors (Lipinski definition) is 11. The van der Waals surface area contributed by atoms with Crippen molar-refractivity contribution in [2.24, 2.45) is 5.16 Å². The maximum Gasteiger partial charge on any atom is 0.344 e. The molecule has 0 aromatic carbocycles. The van der Waals surface area contributed by atoms with Gasteiger partial charge in [-0.2, -0.15) is 0 Å². The van der Waals surface area contributed by atoms with Gasteiger partial charge in [0.1, 0.15) is 67.1 Å². The average Bonchev–Trinajstić information content (AvgIpc) is 2.91. The molecule has 2 aliphatic heterocycles. The number of aliphatic hydroxyl groups is 10. The van der Waals surface area contributed by atoms with Crippen LogP contribution in [0, 0.1) is 0 Å². The van der Waals surface area contributed by atoms with Gasteiger partial charge < -0.3 is 80.0 Å². The van der Waals surface area contributed by atoms with Crippen LogP contribution in [-0.4, -0.2) is 174 Å². The topological polar surface area (TPSA) is 298 Å². The summed E-state index contributed by atoms with van der Waals surface area (Å²) >= 11 is 0. The highest BCUT2D eigenvalue weighted by atomic mass is 16.7. The van der Waals surface area contributed by atoms with Crippen LogP contribution in [-0.2, 0) is 28.6 Å². The van der Waals surface area contributed by atoms with Crippen LogP contribution < -0.4 is 0 Å². The third-order valence-corrected chi connectivity index (χ3v) is 6.17. The summed E-state index contributed by atoms with van der Waals surface area (Å²) in [6.07, 6.45) is -22.4. The lowest BCUT2D eigenvalue weighted by atomic mass is 9.97. The molecule has 6 unspecified atom stereocenters. The molecule has 39 heavy (non-hydrogen) atoms. The Morgan fingerprint density at radius 2 is 1.36 bits per heavy atom. The molecule has 2 fully saturated rings. The van der Waals surface area contributed by atoms with Crippen molar-refractivity contribution >= 4 is 12.2 Å². The summed E-state index contributed by atoms with van der Waals surface area (Å²) in [6, 6.07) is 0. The van der Waals surface area contributed by atoms with Gasteiger partial charge in [0, 0.05) is 0 Å². The van der Waals surface area contributed by atoms with Crippen LogP contribution in [0.4, 0.5) is 0 Å². The van der Waals surface area contributed by atoms with Gasteiger partial charge in [-0.25, -0.2) is 4.79 Å². The van der Waals surface area contributed by atoms with E-state index in [9.17, 15) is 55.9 Å². The largest absolute Gasteiger partial charge is 0.479 e. The molecular formula is C21H37NO17. The minimum Gasteiger partial charge on any atom is -0.479 e. The van der Waals surface area contributed by atoms with E-state index in [1.807, 2.05) is 0 Å². The first-order valence-electron chi connectivity index (χ1n) is 12.0. The second-order valence-electron chi connectivity index (χ2n) is 9.07. The number of carboxylic acids is 1. The second kappa shape index (κ2) is 15.4. The third-order valence-electron chi connectivity index (χ3n) is 6.17. The van der Waals surface area contributed by atoms with Crippen LogP contribution in [0.1, 0.15) is 13.3 Å². The number of oxime groups is 1. The molecule has 0 spiro atoms. The van der Waals surface area contributed by atoms with Gasteiger partial charge >= 0.3 is 5.97 Å². The lowest BCUT2D eigenvalue weighted by Crippen LogP contribution is -2.61. The molecule has 14 atom stereocenters. The monoisotopic (exact) mass is 575 g/mol. The Morgan fingerprint density at radius 1 is 0.821 bits per heavy atom. The van der Waals surface area contributed by atoms with E-state index < -0.39 is 112 Å². The van der Waals surface area contributed by atoms with Gasteiger partial charge in [0.25, 0.3) is 0 Å². The first-order valence-corrected chi connectivity index (χ1v) is 12.0. The first-order chi connectivity index (χ1) is 18.3. The zero-order valence-electron chi connectivity index (χ0n) is 20.8. The smallest absolute Gasteiger partial charge is 0.344 e. The van der Waals surface area contributed by atoms with E-state index in [1.54, 1.807) is 6.92 Å². The zero-order valence-corrected chi connectivity index (χ0v) is 20.8. The minimum atomic E-state index is -2.04. The van der Waals surface area contributed by atoms with Gasteiger partial charge in [-0.15, -0.1) is 0 Å². The van der Waals surface area contributed by atoms with Gasteiger partial charge in [0.2, 0.25) is 6.61 Å². The van der Waals surface area contributed by atoms with Gasteiger partial charge in [-0.3, -0.25) is 0 Å². The Hall–Kier alpha value is -1.62. The number of aliphatic hydroxyl groups excluding tert-OH is 10. The van der Waals surface area contributed by atoms with Gasteiger partial charge in [-0.1, -0.05) is 12.1 Å². The van der Waals surface area contributed by atoms with Crippen LogP contribution >= 0.6 is 0 Å². The molecule has 2 saturated heterocycles. The lowest BCUT2D eigenvalue weighted by molar-refractivity contribution is -0.331. The maximum absolute atomic E-state index is 10.3. The fourth-order valence-electron chi connectivity index (χ4n) is 3.78. The van der Waals surface area contributed by atoms with Crippen molar-refractivity contribution in [2.75, 3.05) is 19.8 Å². The van der Waals surface area contributed by atoms with Crippen LogP contribution in [0.5, 0.6) is 0 Å². The fourth-order valence-corrected chi connectivity index (χ4v) is 3.78. The van der Waals surface area contributed by atoms with Crippen LogP contribution in [0.25, 0.3) is 0 Å². The lowest BCUT2D eigenvalue weighted by Gasteiger charge is -2.43. The predicted octanol–water partition coefficient (Wildman–Crippen LogP) is -6.42. The summed E-state index contributed by atoms with van der Waals surface area (Å²) in [4.78, 5) is 14.6. The van der Waals surface area contributed by atoms with E-state index in [1.165, 1.54) is 0 Å². The van der Waals surface area contributed by atoms with Crippen molar-refractivity contribution in [1.82, 2.24) is 0 Å². The highest BCUT2D eigenvalue weighted by Crippen LogP contribution is 2.27. The Balaban J connectivity index is 1.91. The van der Waals surface area contributed by atoms with Crippen LogP contribution in [0.2, 0.25) is 0 Å². The van der Waals surface area contributed by atoms with Crippen LogP contribution in [0.15, 0.2) is 5.16 Å². The zero-order chi connectivity index (χ0) is 29.4. The number of hydrogen-bond acceptors (Lipinski definition) is 17. The summed E-state index contributed by atoms with van der Waals surface area (Å²) in [7, 11) is 0. The number of nitrogens with zero attached hydrogens (tertiary/aromatic N) is 1. The maximum atomic E-state index is 10.3. The molecule has 2 aliphatic rings. The molecule has 18 heteroatoms. The predicted molar refractivity (Wildman–Crippen MR) is 122 cm³/mol. The Morgan fingerprint density at radius 3 is 1.92 bits per heavy atom. The molecule has 0 saturated carbocycles. The normalized spacial score (nSPS) is 38.7. The first kappa shape index (κ1) is 33.6. The van der Waals surface area contributed by atoms with E-state index in [0.717, 1.165) is 0 Å². The molecule has 228 valence electrons. The number of ether oxygens (including phenoxy) is 4. The van der Waals surface area contributed by atoms with Crippen molar-refractivity contribution < 1.29 is 84.8 Å². The number of carboxylic acid groups (broad SMARTS) is 1. The molecule has 2 heterocycles. The number of rotatable bonds is 14. The molecule has 0 aliphatic carbocycles. The van der Waals surface area contributed by atoms with E-state index >= 15 is 0 Å². The highest BCUT2D eigenvalue weighted by molar-refractivity contribution is 5.68. The summed E-state index contributed by atoms with van der Waals surface area (Å²) in [5.41, 5.74) is 0.